The summed E-state index contributed by atoms with van der Waals surface area (Å²) in [5.41, 5.74) is 0.391. The summed E-state index contributed by atoms with van der Waals surface area (Å²) in [5, 5.41) is 12.4. The minimum absolute atomic E-state index is 0.162. The Kier molecular flexibility index (Phi) is 5.52. The third kappa shape index (κ3) is 4.25. The van der Waals surface area contributed by atoms with Crippen LogP contribution in [0.25, 0.3) is 22.6 Å². The van der Waals surface area contributed by atoms with Gasteiger partial charge in [0.15, 0.2) is 11.6 Å². The summed E-state index contributed by atoms with van der Waals surface area (Å²) < 4.78 is 45.5. The molecule has 0 aliphatic rings. The van der Waals surface area contributed by atoms with E-state index >= 15 is 0 Å². The molecule has 2 heterocycles. The zero-order valence-electron chi connectivity index (χ0n) is 17.1. The maximum atomic E-state index is 13.0. The predicted molar refractivity (Wildman–Crippen MR) is 111 cm³/mol. The number of H-pyrrole nitrogens is 1. The molecule has 0 saturated carbocycles. The molecule has 7 nitrogen and oxygen atoms in total. The van der Waals surface area contributed by atoms with Crippen molar-refractivity contribution in [3.8, 4) is 28.4 Å². The van der Waals surface area contributed by atoms with Crippen molar-refractivity contribution in [2.75, 3.05) is 7.11 Å². The lowest BCUT2D eigenvalue weighted by Crippen LogP contribution is -2.26. The topological polar surface area (TPSA) is 85.7 Å². The summed E-state index contributed by atoms with van der Waals surface area (Å²) in [5.74, 6) is 1.10. The van der Waals surface area contributed by atoms with Gasteiger partial charge in [0.05, 0.1) is 18.4 Å². The maximum Gasteiger partial charge on any atom is 0.416 e. The third-order valence-corrected chi connectivity index (χ3v) is 4.92. The highest BCUT2D eigenvalue weighted by Crippen LogP contribution is 2.31. The van der Waals surface area contributed by atoms with Gasteiger partial charge in [-0.2, -0.15) is 18.3 Å². The molecule has 2 aromatic heterocycles. The molecular formula is C22H18F3N5O2. The number of nitrogens with one attached hydrogen (secondary N) is 1. The van der Waals surface area contributed by atoms with Crippen LogP contribution in [0.2, 0.25) is 0 Å². The highest BCUT2D eigenvalue weighted by atomic mass is 19.4. The fourth-order valence-electron chi connectivity index (χ4n) is 3.19. The van der Waals surface area contributed by atoms with Crippen LogP contribution in [0, 0.1) is 0 Å². The zero-order chi connectivity index (χ0) is 22.9. The van der Waals surface area contributed by atoms with Crippen LogP contribution >= 0.6 is 0 Å². The summed E-state index contributed by atoms with van der Waals surface area (Å²) in [6, 6.07) is 14.4. The quantitative estimate of drug-likeness (QED) is 0.498. The van der Waals surface area contributed by atoms with Crippen LogP contribution in [0.4, 0.5) is 13.2 Å². The second-order valence-corrected chi connectivity index (χ2v) is 7.05. The molecule has 0 aliphatic carbocycles. The zero-order valence-corrected chi connectivity index (χ0v) is 17.1. The maximum absolute atomic E-state index is 13.0. The van der Waals surface area contributed by atoms with Gasteiger partial charge < -0.3 is 9.72 Å². The van der Waals surface area contributed by atoms with Crippen LogP contribution in [0.5, 0.6) is 5.75 Å². The molecule has 1 N–H and O–H groups in total. The smallest absolute Gasteiger partial charge is 0.416 e. The van der Waals surface area contributed by atoms with Crippen LogP contribution in [-0.2, 0) is 6.18 Å². The number of hydrogen-bond acceptors (Lipinski definition) is 5. The van der Waals surface area contributed by atoms with Crippen molar-refractivity contribution in [3.05, 3.63) is 82.4 Å². The number of aromatic nitrogens is 5. The highest BCUT2D eigenvalue weighted by molar-refractivity contribution is 5.60. The molecule has 4 aromatic rings. The van der Waals surface area contributed by atoms with Crippen LogP contribution in [0.15, 0.2) is 65.5 Å². The number of alkyl halides is 3. The third-order valence-electron chi connectivity index (χ3n) is 4.92. The van der Waals surface area contributed by atoms with Crippen molar-refractivity contribution in [1.29, 1.82) is 0 Å². The molecule has 0 spiro atoms. The first-order valence-corrected chi connectivity index (χ1v) is 9.61. The van der Waals surface area contributed by atoms with Gasteiger partial charge in [0.1, 0.15) is 11.8 Å². The summed E-state index contributed by atoms with van der Waals surface area (Å²) in [6.45, 7) is 1.69. The predicted octanol–water partition coefficient (Wildman–Crippen LogP) is 4.33. The summed E-state index contributed by atoms with van der Waals surface area (Å²) in [4.78, 5) is 15.4. The van der Waals surface area contributed by atoms with Crippen molar-refractivity contribution in [2.24, 2.45) is 0 Å². The molecule has 0 radical (unpaired) electrons. The van der Waals surface area contributed by atoms with Gasteiger partial charge >= 0.3 is 6.18 Å². The van der Waals surface area contributed by atoms with Gasteiger partial charge in [0.25, 0.3) is 5.56 Å². The molecule has 164 valence electrons. The minimum atomic E-state index is -4.47. The number of ether oxygens (including phenoxy) is 1. The first kappa shape index (κ1) is 21.3. The molecule has 0 amide bonds. The molecule has 0 aliphatic heterocycles. The van der Waals surface area contributed by atoms with Crippen molar-refractivity contribution in [3.63, 3.8) is 0 Å². The van der Waals surface area contributed by atoms with Crippen molar-refractivity contribution in [2.45, 2.75) is 19.1 Å². The van der Waals surface area contributed by atoms with Crippen LogP contribution in [-0.4, -0.2) is 32.1 Å². The van der Waals surface area contributed by atoms with E-state index in [9.17, 15) is 18.0 Å². The van der Waals surface area contributed by atoms with Gasteiger partial charge in [-0.05, 0) is 37.3 Å². The lowest BCUT2D eigenvalue weighted by Gasteiger charge is -2.12. The number of aromatic amines is 1. The number of rotatable bonds is 5. The number of benzene rings is 2. The van der Waals surface area contributed by atoms with Gasteiger partial charge in [0.2, 0.25) is 0 Å². The Labute approximate surface area is 180 Å². The molecule has 0 bridgehead atoms. The average molecular weight is 441 g/mol. The fraction of sp³-hybridized carbons (Fsp3) is 0.182. The van der Waals surface area contributed by atoms with E-state index in [4.69, 9.17) is 4.74 Å². The summed E-state index contributed by atoms with van der Waals surface area (Å²) in [6.07, 6.45) is -4.47. The lowest BCUT2D eigenvalue weighted by atomic mass is 10.1. The normalized spacial score (nSPS) is 12.5. The van der Waals surface area contributed by atoms with E-state index in [-0.39, 0.29) is 22.8 Å². The highest BCUT2D eigenvalue weighted by Gasteiger charge is 2.30. The Morgan fingerprint density at radius 1 is 1.00 bits per heavy atom. The van der Waals surface area contributed by atoms with Gasteiger partial charge in [-0.25, -0.2) is 4.68 Å². The first-order chi connectivity index (χ1) is 15.3. The van der Waals surface area contributed by atoms with E-state index in [1.54, 1.807) is 32.2 Å². The van der Waals surface area contributed by atoms with E-state index < -0.39 is 17.8 Å². The SMILES string of the molecule is COc1cccc(-c2ccc(=O)n(C(C)c3nnc(-c4cccc(C(F)(F)F)c4)[nH]3)n2)c1. The van der Waals surface area contributed by atoms with Crippen LogP contribution in [0.3, 0.4) is 0 Å². The molecule has 1 unspecified atom stereocenters. The second-order valence-electron chi connectivity index (χ2n) is 7.05. The van der Waals surface area contributed by atoms with Crippen LogP contribution in [0.1, 0.15) is 24.4 Å². The molecular weight excluding hydrogens is 423 g/mol. The molecule has 0 fully saturated rings. The second kappa shape index (κ2) is 8.29. The first-order valence-electron chi connectivity index (χ1n) is 9.61. The molecule has 4 rings (SSSR count). The Bertz CT molecular complexity index is 1310. The van der Waals surface area contributed by atoms with Gasteiger partial charge in [-0.3, -0.25) is 4.79 Å². The molecule has 32 heavy (non-hydrogen) atoms. The molecule has 1 atom stereocenters. The Hall–Kier alpha value is -3.95. The van der Waals surface area contributed by atoms with E-state index in [0.717, 1.165) is 17.7 Å². The monoisotopic (exact) mass is 441 g/mol. The van der Waals surface area contributed by atoms with E-state index in [0.29, 0.717) is 11.4 Å². The molecule has 0 saturated heterocycles. The van der Waals surface area contributed by atoms with E-state index in [1.807, 2.05) is 12.1 Å². The largest absolute Gasteiger partial charge is 0.497 e. The number of methoxy groups -OCH3 is 1. The average Bonchev–Trinajstić information content (AvgIpc) is 3.29. The summed E-state index contributed by atoms with van der Waals surface area (Å²) >= 11 is 0. The van der Waals surface area contributed by atoms with Gasteiger partial charge in [0, 0.05) is 17.2 Å². The standard InChI is InChI=1S/C22H18F3N5O2/c1-13(20-26-21(28-27-20)15-6-3-7-16(11-15)22(23,24)25)30-19(31)10-9-18(29-30)14-5-4-8-17(12-14)32-2/h3-13H,1-2H3,(H,26,27,28). The Morgan fingerprint density at radius 3 is 2.50 bits per heavy atom. The van der Waals surface area contributed by atoms with Crippen molar-refractivity contribution in [1.82, 2.24) is 25.0 Å². The number of hydrogen-bond donors (Lipinski definition) is 1. The minimum Gasteiger partial charge on any atom is -0.497 e. The van der Waals surface area contributed by atoms with Crippen molar-refractivity contribution >= 4 is 0 Å². The Balaban J connectivity index is 1.67. The lowest BCUT2D eigenvalue weighted by molar-refractivity contribution is -0.137. The van der Waals surface area contributed by atoms with Crippen LogP contribution < -0.4 is 10.3 Å². The van der Waals surface area contributed by atoms with Crippen molar-refractivity contribution < 1.29 is 17.9 Å². The van der Waals surface area contributed by atoms with Gasteiger partial charge in [-0.15, -0.1) is 10.2 Å². The molecule has 2 aromatic carbocycles. The van der Waals surface area contributed by atoms with E-state index in [1.165, 1.54) is 22.9 Å². The van der Waals surface area contributed by atoms with Gasteiger partial charge in [-0.1, -0.05) is 24.3 Å². The fourth-order valence-corrected chi connectivity index (χ4v) is 3.19. The Morgan fingerprint density at radius 2 is 1.75 bits per heavy atom. The number of halogens is 3. The number of nitrogens with zero attached hydrogens (tertiary/aromatic N) is 4. The van der Waals surface area contributed by atoms with E-state index in [2.05, 4.69) is 20.3 Å². The molecule has 10 heteroatoms. The summed E-state index contributed by atoms with van der Waals surface area (Å²) in [7, 11) is 1.56.